The summed E-state index contributed by atoms with van der Waals surface area (Å²) >= 11 is -0.556. The topological polar surface area (TPSA) is 62.1 Å². The molecule has 0 unspecified atom stereocenters. The third-order valence-corrected chi connectivity index (χ3v) is 4.12. The molecule has 0 aliphatic rings. The number of rotatable bonds is 5. The Bertz CT molecular complexity index is 1120. The van der Waals surface area contributed by atoms with Crippen molar-refractivity contribution < 1.29 is 21.8 Å². The molecule has 4 rings (SSSR count). The number of para-hydroxylation sites is 1. The second-order valence-electron chi connectivity index (χ2n) is 6.64. The van der Waals surface area contributed by atoms with Crippen LogP contribution in [0, 0.1) is 13.8 Å². The zero-order valence-corrected chi connectivity index (χ0v) is 21.7. The van der Waals surface area contributed by atoms with Gasteiger partial charge in [-0.25, -0.2) is 0 Å². The Morgan fingerprint density at radius 1 is 0.697 bits per heavy atom. The van der Waals surface area contributed by atoms with Gasteiger partial charge in [-0.2, -0.15) is 11.4 Å². The molecule has 0 saturated heterocycles. The molecular weight excluding hydrogens is 491 g/mol. The Kier molecular flexibility index (Phi) is 12.4. The van der Waals surface area contributed by atoms with Gasteiger partial charge in [0.25, 0.3) is 0 Å². The van der Waals surface area contributed by atoms with Crippen LogP contribution in [0.3, 0.4) is 0 Å². The predicted octanol–water partition coefficient (Wildman–Crippen LogP) is 6.79. The molecule has 33 heavy (non-hydrogen) atoms. The Morgan fingerprint density at radius 2 is 1.15 bits per heavy atom. The summed E-state index contributed by atoms with van der Waals surface area (Å²) in [6.07, 6.45) is 3.54. The van der Waals surface area contributed by atoms with E-state index < -0.39 is 17.0 Å². The van der Waals surface area contributed by atoms with Crippen molar-refractivity contribution in [2.75, 3.05) is 7.11 Å². The summed E-state index contributed by atoms with van der Waals surface area (Å²) in [7, 11) is 11.4. The number of benzene rings is 2. The Hall–Kier alpha value is -2.57. The monoisotopic (exact) mass is 514 g/mol. The van der Waals surface area contributed by atoms with Crippen LogP contribution < -0.4 is 14.7 Å². The minimum absolute atomic E-state index is 0.556. The number of methoxy groups -OCH3 is 1. The molecule has 0 saturated carbocycles. The number of ether oxygens (including phenoxy) is 1. The van der Waals surface area contributed by atoms with Crippen LogP contribution in [0.5, 0.6) is 5.75 Å². The zero-order valence-electron chi connectivity index (χ0n) is 18.6. The Morgan fingerprint density at radius 3 is 1.55 bits per heavy atom. The molecule has 0 spiro atoms. The van der Waals surface area contributed by atoms with Gasteiger partial charge in [0.15, 0.2) is 0 Å². The van der Waals surface area contributed by atoms with Gasteiger partial charge in [0.1, 0.15) is 5.75 Å². The molecule has 8 heteroatoms. The van der Waals surface area contributed by atoms with Gasteiger partial charge in [0.2, 0.25) is 0 Å². The second-order valence-corrected chi connectivity index (χ2v) is 9.22. The molecular formula is C25H24Cl2N4OTi-2. The van der Waals surface area contributed by atoms with Crippen molar-refractivity contribution in [2.45, 2.75) is 13.8 Å². The Labute approximate surface area is 211 Å². The van der Waals surface area contributed by atoms with Crippen LogP contribution in [0.4, 0.5) is 11.4 Å². The van der Waals surface area contributed by atoms with Gasteiger partial charge in [-0.1, -0.05) is 56.3 Å². The van der Waals surface area contributed by atoms with Crippen LogP contribution in [0.2, 0.25) is 0 Å². The molecule has 0 radical (unpaired) electrons. The van der Waals surface area contributed by atoms with E-state index in [4.69, 9.17) is 23.3 Å². The van der Waals surface area contributed by atoms with E-state index in [0.717, 1.165) is 39.9 Å². The first-order valence-electron chi connectivity index (χ1n) is 9.98. The molecule has 4 aromatic rings. The average molecular weight is 515 g/mol. The van der Waals surface area contributed by atoms with Crippen LogP contribution in [-0.2, 0) is 17.0 Å². The average Bonchev–Trinajstić information content (AvgIpc) is 3.46. The van der Waals surface area contributed by atoms with E-state index in [0.29, 0.717) is 0 Å². The number of aromatic nitrogens is 2. The van der Waals surface area contributed by atoms with E-state index in [9.17, 15) is 0 Å². The summed E-state index contributed by atoms with van der Waals surface area (Å²) in [4.78, 5) is 17.2. The van der Waals surface area contributed by atoms with Crippen molar-refractivity contribution in [3.63, 3.8) is 0 Å². The van der Waals surface area contributed by atoms with Crippen LogP contribution in [-0.4, -0.2) is 19.5 Å². The number of aliphatic imine (C=N–C) groups is 2. The van der Waals surface area contributed by atoms with E-state index >= 15 is 0 Å². The van der Waals surface area contributed by atoms with E-state index in [1.54, 1.807) is 19.5 Å². The zero-order chi connectivity index (χ0) is 23.9. The van der Waals surface area contributed by atoms with Crippen LogP contribution >= 0.6 is 18.6 Å². The van der Waals surface area contributed by atoms with Gasteiger partial charge in [0.05, 0.1) is 18.5 Å². The van der Waals surface area contributed by atoms with Gasteiger partial charge in [-0.05, 0) is 36.4 Å². The van der Waals surface area contributed by atoms with Gasteiger partial charge in [-0.15, -0.1) is 11.4 Å². The third-order valence-electron chi connectivity index (χ3n) is 4.12. The van der Waals surface area contributed by atoms with Crippen molar-refractivity contribution >= 4 is 42.4 Å². The molecule has 0 N–H and O–H groups in total. The van der Waals surface area contributed by atoms with Crippen molar-refractivity contribution in [1.29, 1.82) is 0 Å². The minimum atomic E-state index is -0.556. The normalized spacial score (nSPS) is 10.3. The summed E-state index contributed by atoms with van der Waals surface area (Å²) < 4.78 is 5.07. The molecule has 170 valence electrons. The fourth-order valence-corrected chi connectivity index (χ4v) is 2.58. The number of hydrogen-bond donors (Lipinski definition) is 0. The first kappa shape index (κ1) is 26.7. The first-order chi connectivity index (χ1) is 16.0. The van der Waals surface area contributed by atoms with Gasteiger partial charge >= 0.3 is 35.6 Å². The molecule has 0 amide bonds. The maximum absolute atomic E-state index is 5.07. The number of hydrogen-bond acceptors (Lipinski definition) is 3. The van der Waals surface area contributed by atoms with Crippen LogP contribution in [0.25, 0.3) is 0 Å². The number of aryl methyl sites for hydroxylation is 2. The molecule has 0 bridgehead atoms. The number of halogens is 2. The van der Waals surface area contributed by atoms with Crippen molar-refractivity contribution in [3.05, 3.63) is 102 Å². The second kappa shape index (κ2) is 15.3. The van der Waals surface area contributed by atoms with E-state index in [2.05, 4.69) is 20.0 Å². The fourth-order valence-electron chi connectivity index (χ4n) is 2.58. The molecule has 0 fully saturated rings. The van der Waals surface area contributed by atoms with Crippen LogP contribution in [0.1, 0.15) is 22.8 Å². The van der Waals surface area contributed by atoms with Gasteiger partial charge in [-0.3, -0.25) is 9.98 Å². The standard InChI is InChI=1S/C13H13N2O.C12H11N2.2ClH.Ti/c1-10-3-4-12(15-10)9-14-11-5-7-13(16-2)8-6-11;1-10-7-8-12(14-10)9-13-11-5-3-2-4-6-11;;;/h3-9H,1-2H3;2-9H,1H3;2*1H;/q2*-1;;;+2/p-2. The van der Waals surface area contributed by atoms with E-state index in [1.165, 1.54) is 0 Å². The molecule has 0 aliphatic carbocycles. The molecule has 5 nitrogen and oxygen atoms in total. The van der Waals surface area contributed by atoms with Crippen LogP contribution in [0.15, 0.2) is 88.8 Å². The Balaban J connectivity index is 0.000000210. The summed E-state index contributed by atoms with van der Waals surface area (Å²) in [6.45, 7) is 3.94. The predicted molar refractivity (Wildman–Crippen MR) is 135 cm³/mol. The van der Waals surface area contributed by atoms with Gasteiger partial charge < -0.3 is 14.7 Å². The van der Waals surface area contributed by atoms with E-state index in [1.807, 2.05) is 92.7 Å². The molecule has 0 aliphatic heterocycles. The summed E-state index contributed by atoms with van der Waals surface area (Å²) in [6, 6.07) is 25.3. The van der Waals surface area contributed by atoms with Crippen molar-refractivity contribution in [3.8, 4) is 5.75 Å². The quantitative estimate of drug-likeness (QED) is 0.217. The third kappa shape index (κ3) is 10.7. The summed E-state index contributed by atoms with van der Waals surface area (Å²) in [5, 5.41) is 0. The summed E-state index contributed by atoms with van der Waals surface area (Å²) in [5.74, 6) is 0.834. The summed E-state index contributed by atoms with van der Waals surface area (Å²) in [5.41, 5.74) is 5.67. The fraction of sp³-hybridized carbons (Fsp3) is 0.120. The van der Waals surface area contributed by atoms with Gasteiger partial charge in [0, 0.05) is 12.4 Å². The van der Waals surface area contributed by atoms with Crippen molar-refractivity contribution in [1.82, 2.24) is 9.97 Å². The molecule has 2 aromatic heterocycles. The first-order valence-corrected chi connectivity index (χ1v) is 14.3. The molecule has 0 atom stereocenters. The van der Waals surface area contributed by atoms with E-state index in [-0.39, 0.29) is 0 Å². The maximum atomic E-state index is 5.07. The number of nitrogens with zero attached hydrogens (tertiary/aromatic N) is 4. The SMILES string of the molecule is COc1ccc(N=Cc2ccc(C)[n-]2)cc1.Cc1ccc(C=Nc2ccccc2)[n-]1.[Cl][Ti][Cl]. The molecule has 2 aromatic carbocycles. The van der Waals surface area contributed by atoms with Crippen molar-refractivity contribution in [2.24, 2.45) is 9.98 Å². The molecule has 2 heterocycles.